The van der Waals surface area contributed by atoms with E-state index in [9.17, 15) is 14.4 Å². The molecule has 1 heterocycles. The van der Waals surface area contributed by atoms with Crippen molar-refractivity contribution < 1.29 is 19.1 Å². The molecule has 0 saturated carbocycles. The first-order chi connectivity index (χ1) is 9.17. The number of rotatable bonds is 5. The van der Waals surface area contributed by atoms with Crippen molar-refractivity contribution in [2.24, 2.45) is 11.7 Å². The number of hydrogen-bond acceptors (Lipinski definition) is 4. The molecule has 0 spiro atoms. The largest absolute Gasteiger partial charge is 0.444 e. The zero-order valence-corrected chi connectivity index (χ0v) is 12.2. The highest BCUT2D eigenvalue weighted by atomic mass is 16.6. The van der Waals surface area contributed by atoms with Crippen LogP contribution in [0.4, 0.5) is 4.79 Å². The van der Waals surface area contributed by atoms with Gasteiger partial charge in [-0.15, -0.1) is 0 Å². The molecule has 1 saturated heterocycles. The molecule has 2 atom stereocenters. The molecular weight excluding hydrogens is 262 g/mol. The third-order valence-electron chi connectivity index (χ3n) is 2.90. The lowest BCUT2D eigenvalue weighted by atomic mass is 9.96. The van der Waals surface area contributed by atoms with Crippen molar-refractivity contribution in [3.63, 3.8) is 0 Å². The maximum Gasteiger partial charge on any atom is 0.407 e. The lowest BCUT2D eigenvalue weighted by Crippen LogP contribution is -2.42. The Hall–Kier alpha value is -1.79. The van der Waals surface area contributed by atoms with E-state index >= 15 is 0 Å². The monoisotopic (exact) mass is 285 g/mol. The topological polar surface area (TPSA) is 111 Å². The summed E-state index contributed by atoms with van der Waals surface area (Å²) in [4.78, 5) is 34.3. The first kappa shape index (κ1) is 16.3. The summed E-state index contributed by atoms with van der Waals surface area (Å²) in [5.41, 5.74) is 4.55. The van der Waals surface area contributed by atoms with Crippen LogP contribution in [0.15, 0.2) is 0 Å². The van der Waals surface area contributed by atoms with E-state index in [1.54, 1.807) is 20.8 Å². The van der Waals surface area contributed by atoms with Crippen molar-refractivity contribution in [2.75, 3.05) is 6.54 Å². The van der Waals surface area contributed by atoms with Crippen molar-refractivity contribution in [1.82, 2.24) is 10.6 Å². The van der Waals surface area contributed by atoms with Crippen LogP contribution < -0.4 is 16.4 Å². The summed E-state index contributed by atoms with van der Waals surface area (Å²) in [5, 5.41) is 5.33. The number of ether oxygens (including phenoxy) is 1. The first-order valence-corrected chi connectivity index (χ1v) is 6.73. The van der Waals surface area contributed by atoms with Crippen LogP contribution in [0.3, 0.4) is 0 Å². The van der Waals surface area contributed by atoms with Gasteiger partial charge in [0.1, 0.15) is 5.60 Å². The number of amides is 3. The average Bonchev–Trinajstić information content (AvgIpc) is 2.60. The van der Waals surface area contributed by atoms with Gasteiger partial charge in [0.15, 0.2) is 0 Å². The van der Waals surface area contributed by atoms with Crippen LogP contribution in [0.1, 0.15) is 40.0 Å². The van der Waals surface area contributed by atoms with Crippen LogP contribution in [0.25, 0.3) is 0 Å². The number of primary amides is 1. The minimum Gasteiger partial charge on any atom is -0.444 e. The van der Waals surface area contributed by atoms with E-state index in [1.165, 1.54) is 0 Å². The summed E-state index contributed by atoms with van der Waals surface area (Å²) >= 11 is 0. The molecule has 0 aromatic heterocycles. The van der Waals surface area contributed by atoms with Gasteiger partial charge < -0.3 is 21.1 Å². The van der Waals surface area contributed by atoms with Gasteiger partial charge in [-0.3, -0.25) is 9.59 Å². The second-order valence-corrected chi connectivity index (χ2v) is 6.03. The summed E-state index contributed by atoms with van der Waals surface area (Å²) in [5.74, 6) is -0.774. The van der Waals surface area contributed by atoms with Crippen LogP contribution in [0.2, 0.25) is 0 Å². The van der Waals surface area contributed by atoms with Crippen LogP contribution >= 0.6 is 0 Å². The lowest BCUT2D eigenvalue weighted by molar-refractivity contribution is -0.123. The van der Waals surface area contributed by atoms with Gasteiger partial charge in [0.05, 0.1) is 0 Å². The number of carbonyl (C=O) groups is 3. The van der Waals surface area contributed by atoms with Gasteiger partial charge in [0.2, 0.25) is 11.8 Å². The smallest absolute Gasteiger partial charge is 0.407 e. The molecule has 0 aromatic carbocycles. The van der Waals surface area contributed by atoms with Crippen molar-refractivity contribution in [1.29, 1.82) is 0 Å². The van der Waals surface area contributed by atoms with Gasteiger partial charge in [0.25, 0.3) is 0 Å². The molecule has 1 aliphatic rings. The Morgan fingerprint density at radius 3 is 2.60 bits per heavy atom. The highest BCUT2D eigenvalue weighted by molar-refractivity contribution is 5.81. The molecule has 7 nitrogen and oxygen atoms in total. The molecule has 114 valence electrons. The minimum atomic E-state index is -0.619. The van der Waals surface area contributed by atoms with E-state index in [0.717, 1.165) is 0 Å². The maximum atomic E-state index is 11.7. The SMILES string of the molecule is CC(C)(C)OC(=O)N[C@H](CC(N)=O)C[C@@H]1CCNC1=O. The van der Waals surface area contributed by atoms with Crippen LogP contribution in [0, 0.1) is 5.92 Å². The number of hydrogen-bond donors (Lipinski definition) is 3. The molecular formula is C13H23N3O4. The predicted octanol–water partition coefficient (Wildman–Crippen LogP) is 0.281. The van der Waals surface area contributed by atoms with E-state index in [0.29, 0.717) is 19.4 Å². The Kier molecular flexibility index (Phi) is 5.35. The molecule has 3 amide bonds. The molecule has 1 rings (SSSR count). The summed E-state index contributed by atoms with van der Waals surface area (Å²) < 4.78 is 5.14. The van der Waals surface area contributed by atoms with Crippen LogP contribution in [0.5, 0.6) is 0 Å². The Balaban J connectivity index is 2.57. The Morgan fingerprint density at radius 1 is 1.50 bits per heavy atom. The zero-order valence-electron chi connectivity index (χ0n) is 12.2. The summed E-state index contributed by atoms with van der Waals surface area (Å²) in [6.07, 6.45) is 0.461. The molecule has 0 unspecified atom stereocenters. The second kappa shape index (κ2) is 6.58. The van der Waals surface area contributed by atoms with Crippen LogP contribution in [-0.2, 0) is 14.3 Å². The number of alkyl carbamates (subject to hydrolysis) is 1. The fraction of sp³-hybridized carbons (Fsp3) is 0.769. The normalized spacial score (nSPS) is 20.1. The molecule has 0 radical (unpaired) electrons. The van der Waals surface area contributed by atoms with Gasteiger partial charge in [-0.05, 0) is 33.6 Å². The maximum absolute atomic E-state index is 11.7. The van der Waals surface area contributed by atoms with Gasteiger partial charge in [-0.1, -0.05) is 0 Å². The Bertz CT molecular complexity index is 390. The summed E-state index contributed by atoms with van der Waals surface area (Å²) in [7, 11) is 0. The van der Waals surface area contributed by atoms with Gasteiger partial charge in [0, 0.05) is 24.9 Å². The predicted molar refractivity (Wildman–Crippen MR) is 72.7 cm³/mol. The zero-order chi connectivity index (χ0) is 15.3. The highest BCUT2D eigenvalue weighted by Gasteiger charge is 2.29. The Morgan fingerprint density at radius 2 is 2.15 bits per heavy atom. The molecule has 1 aliphatic heterocycles. The molecule has 0 aliphatic carbocycles. The van der Waals surface area contributed by atoms with E-state index in [-0.39, 0.29) is 18.2 Å². The summed E-state index contributed by atoms with van der Waals surface area (Å²) in [6.45, 7) is 5.87. The van der Waals surface area contributed by atoms with Gasteiger partial charge >= 0.3 is 6.09 Å². The summed E-state index contributed by atoms with van der Waals surface area (Å²) in [6, 6.07) is -0.490. The fourth-order valence-corrected chi connectivity index (χ4v) is 2.12. The average molecular weight is 285 g/mol. The molecule has 4 N–H and O–H groups in total. The van der Waals surface area contributed by atoms with Gasteiger partial charge in [-0.2, -0.15) is 0 Å². The lowest BCUT2D eigenvalue weighted by Gasteiger charge is -2.24. The van der Waals surface area contributed by atoms with Crippen molar-refractivity contribution in [3.05, 3.63) is 0 Å². The highest BCUT2D eigenvalue weighted by Crippen LogP contribution is 2.18. The quantitative estimate of drug-likeness (QED) is 0.673. The molecule has 0 aromatic rings. The van der Waals surface area contributed by atoms with E-state index in [2.05, 4.69) is 10.6 Å². The van der Waals surface area contributed by atoms with Crippen LogP contribution in [-0.4, -0.2) is 36.1 Å². The van der Waals surface area contributed by atoms with Crippen molar-refractivity contribution in [3.8, 4) is 0 Å². The molecule has 1 fully saturated rings. The van der Waals surface area contributed by atoms with E-state index in [4.69, 9.17) is 10.5 Å². The molecule has 7 heteroatoms. The Labute approximate surface area is 118 Å². The van der Waals surface area contributed by atoms with Gasteiger partial charge in [-0.25, -0.2) is 4.79 Å². The number of nitrogens with two attached hydrogens (primary N) is 1. The second-order valence-electron chi connectivity index (χ2n) is 6.03. The first-order valence-electron chi connectivity index (χ1n) is 6.73. The van der Waals surface area contributed by atoms with Crippen molar-refractivity contribution in [2.45, 2.75) is 51.7 Å². The van der Waals surface area contributed by atoms with Crippen molar-refractivity contribution >= 4 is 17.9 Å². The third kappa shape index (κ3) is 5.90. The standard InChI is InChI=1S/C13H23N3O4/c1-13(2,3)20-12(19)16-9(7-10(14)17)6-8-4-5-15-11(8)18/h8-9H,4-7H2,1-3H3,(H2,14,17)(H,15,18)(H,16,19)/t8-,9-/m0/s1. The molecule has 0 bridgehead atoms. The minimum absolute atomic E-state index is 0.0109. The number of carbonyl (C=O) groups excluding carboxylic acids is 3. The molecule has 20 heavy (non-hydrogen) atoms. The third-order valence-corrected chi connectivity index (χ3v) is 2.90. The van der Waals surface area contributed by atoms with E-state index < -0.39 is 23.6 Å². The van der Waals surface area contributed by atoms with E-state index in [1.807, 2.05) is 0 Å². The number of nitrogens with one attached hydrogen (secondary N) is 2. The fourth-order valence-electron chi connectivity index (χ4n) is 2.12.